The Morgan fingerprint density at radius 1 is 1.62 bits per heavy atom. The largest absolute Gasteiger partial charge is 0.235 e. The number of hydrogen-bond acceptors (Lipinski definition) is 2. The van der Waals surface area contributed by atoms with Gasteiger partial charge in [0.15, 0.2) is 9.84 Å². The van der Waals surface area contributed by atoms with E-state index in [1.54, 1.807) is 0 Å². The van der Waals surface area contributed by atoms with E-state index in [2.05, 4.69) is 15.9 Å². The van der Waals surface area contributed by atoms with Gasteiger partial charge in [0.2, 0.25) is 5.00 Å². The Kier molecular flexibility index (Phi) is 2.64. The van der Waals surface area contributed by atoms with Crippen molar-refractivity contribution in [3.05, 3.63) is 22.5 Å². The van der Waals surface area contributed by atoms with E-state index in [1.807, 2.05) is 0 Å². The standard InChI is InChI=1S/C7H7BrF2O2S/c1-13(11,12)7(10)3-2-5(8)6(9)4-7/h2,4H,3H2,1H3. The van der Waals surface area contributed by atoms with Crippen LogP contribution in [-0.2, 0) is 9.84 Å². The molecule has 0 bridgehead atoms. The van der Waals surface area contributed by atoms with Gasteiger partial charge in [0.1, 0.15) is 5.83 Å². The molecule has 0 fully saturated rings. The highest BCUT2D eigenvalue weighted by Crippen LogP contribution is 2.36. The van der Waals surface area contributed by atoms with Crippen LogP contribution in [0.3, 0.4) is 0 Å². The summed E-state index contributed by atoms with van der Waals surface area (Å²) in [6.45, 7) is 0. The molecule has 1 rings (SSSR count). The van der Waals surface area contributed by atoms with Gasteiger partial charge in [-0.1, -0.05) is 6.08 Å². The first-order valence-electron chi connectivity index (χ1n) is 3.39. The Balaban J connectivity index is 3.16. The summed E-state index contributed by atoms with van der Waals surface area (Å²) in [7, 11) is -3.93. The lowest BCUT2D eigenvalue weighted by atomic mass is 10.1. The van der Waals surface area contributed by atoms with Crippen molar-refractivity contribution in [3.63, 3.8) is 0 Å². The van der Waals surface area contributed by atoms with Crippen molar-refractivity contribution in [3.8, 4) is 0 Å². The van der Waals surface area contributed by atoms with Crippen LogP contribution in [0.15, 0.2) is 22.5 Å². The van der Waals surface area contributed by atoms with E-state index in [1.165, 1.54) is 0 Å². The molecular formula is C7H7BrF2O2S. The van der Waals surface area contributed by atoms with Crippen LogP contribution in [-0.4, -0.2) is 19.7 Å². The number of sulfone groups is 1. The second-order valence-corrected chi connectivity index (χ2v) is 5.88. The van der Waals surface area contributed by atoms with Gasteiger partial charge < -0.3 is 0 Å². The minimum absolute atomic E-state index is 0.0874. The number of rotatable bonds is 1. The van der Waals surface area contributed by atoms with Gasteiger partial charge in [-0.3, -0.25) is 0 Å². The summed E-state index contributed by atoms with van der Waals surface area (Å²) in [4.78, 5) is 0. The Labute approximate surface area is 83.4 Å². The van der Waals surface area contributed by atoms with Gasteiger partial charge in [-0.25, -0.2) is 17.2 Å². The SMILES string of the molecule is CS(=O)(=O)C1(F)C=C(F)C(Br)=CC1. The van der Waals surface area contributed by atoms with Crippen LogP contribution >= 0.6 is 15.9 Å². The van der Waals surface area contributed by atoms with E-state index in [0.717, 1.165) is 12.3 Å². The summed E-state index contributed by atoms with van der Waals surface area (Å²) in [6, 6.07) is 0. The molecule has 0 saturated carbocycles. The minimum atomic E-state index is -3.93. The van der Waals surface area contributed by atoms with E-state index in [9.17, 15) is 17.2 Å². The first-order valence-corrected chi connectivity index (χ1v) is 6.07. The van der Waals surface area contributed by atoms with Crippen molar-refractivity contribution in [2.45, 2.75) is 11.4 Å². The fourth-order valence-electron chi connectivity index (χ4n) is 0.902. The number of alkyl halides is 1. The molecule has 0 spiro atoms. The number of halogens is 3. The van der Waals surface area contributed by atoms with Crippen molar-refractivity contribution in [2.75, 3.05) is 6.26 Å². The first kappa shape index (κ1) is 10.8. The maximum Gasteiger partial charge on any atom is 0.235 e. The zero-order chi connectivity index (χ0) is 10.3. The molecular weight excluding hydrogens is 266 g/mol. The average Bonchev–Trinajstić information content (AvgIpc) is 1.95. The van der Waals surface area contributed by atoms with Gasteiger partial charge in [-0.05, 0) is 15.9 Å². The molecule has 0 aromatic rings. The molecule has 13 heavy (non-hydrogen) atoms. The van der Waals surface area contributed by atoms with Crippen molar-refractivity contribution < 1.29 is 17.2 Å². The van der Waals surface area contributed by atoms with E-state index in [0.29, 0.717) is 6.08 Å². The topological polar surface area (TPSA) is 34.1 Å². The van der Waals surface area contributed by atoms with Crippen LogP contribution in [0.2, 0.25) is 0 Å². The summed E-state index contributed by atoms with van der Waals surface area (Å²) in [5, 5.41) is -2.60. The fraction of sp³-hybridized carbons (Fsp3) is 0.429. The third-order valence-electron chi connectivity index (χ3n) is 1.75. The lowest BCUT2D eigenvalue weighted by molar-refractivity contribution is 0.325. The Morgan fingerprint density at radius 3 is 2.54 bits per heavy atom. The molecule has 0 amide bonds. The Morgan fingerprint density at radius 2 is 2.15 bits per heavy atom. The molecule has 1 aliphatic rings. The zero-order valence-corrected chi connectivity index (χ0v) is 9.12. The normalized spacial score (nSPS) is 29.5. The molecule has 1 unspecified atom stereocenters. The molecule has 0 N–H and O–H groups in total. The Bertz CT molecular complexity index is 385. The molecule has 0 radical (unpaired) electrons. The summed E-state index contributed by atoms with van der Waals surface area (Å²) in [5.74, 6) is -0.890. The maximum absolute atomic E-state index is 13.5. The molecule has 0 heterocycles. The second kappa shape index (κ2) is 3.16. The van der Waals surface area contributed by atoms with Crippen LogP contribution in [0.5, 0.6) is 0 Å². The van der Waals surface area contributed by atoms with Crippen molar-refractivity contribution in [1.82, 2.24) is 0 Å². The van der Waals surface area contributed by atoms with E-state index in [-0.39, 0.29) is 10.9 Å². The smallest absolute Gasteiger partial charge is 0.225 e. The summed E-state index contributed by atoms with van der Waals surface area (Å²) in [6.07, 6.45) is 2.02. The summed E-state index contributed by atoms with van der Waals surface area (Å²) in [5.41, 5.74) is 0. The predicted molar refractivity (Wildman–Crippen MR) is 49.5 cm³/mol. The van der Waals surface area contributed by atoms with Crippen LogP contribution in [0.25, 0.3) is 0 Å². The number of hydrogen-bond donors (Lipinski definition) is 0. The monoisotopic (exact) mass is 272 g/mol. The molecule has 2 nitrogen and oxygen atoms in total. The molecule has 6 heteroatoms. The molecule has 0 aromatic heterocycles. The fourth-order valence-corrected chi connectivity index (χ4v) is 1.88. The quantitative estimate of drug-likeness (QED) is 0.734. The molecule has 0 aromatic carbocycles. The highest BCUT2D eigenvalue weighted by atomic mass is 79.9. The van der Waals surface area contributed by atoms with Crippen LogP contribution in [0, 0.1) is 0 Å². The van der Waals surface area contributed by atoms with Gasteiger partial charge in [-0.2, -0.15) is 0 Å². The van der Waals surface area contributed by atoms with Gasteiger partial charge in [0, 0.05) is 23.2 Å². The molecule has 1 aliphatic carbocycles. The third kappa shape index (κ3) is 1.99. The predicted octanol–water partition coefficient (Wildman–Crippen LogP) is 2.23. The van der Waals surface area contributed by atoms with E-state index in [4.69, 9.17) is 0 Å². The minimum Gasteiger partial charge on any atom is -0.225 e. The number of allylic oxidation sites excluding steroid dienone is 3. The molecule has 0 saturated heterocycles. The lowest BCUT2D eigenvalue weighted by Gasteiger charge is -2.21. The van der Waals surface area contributed by atoms with Crippen molar-refractivity contribution in [2.24, 2.45) is 0 Å². The van der Waals surface area contributed by atoms with Crippen LogP contribution in [0.4, 0.5) is 8.78 Å². The van der Waals surface area contributed by atoms with Crippen LogP contribution in [0.1, 0.15) is 6.42 Å². The highest BCUT2D eigenvalue weighted by Gasteiger charge is 2.40. The average molecular weight is 273 g/mol. The summed E-state index contributed by atoms with van der Waals surface area (Å²) < 4.78 is 48.3. The zero-order valence-electron chi connectivity index (χ0n) is 6.72. The van der Waals surface area contributed by atoms with Gasteiger partial charge >= 0.3 is 0 Å². The van der Waals surface area contributed by atoms with Crippen molar-refractivity contribution >= 4 is 25.8 Å². The molecule has 0 aliphatic heterocycles. The second-order valence-electron chi connectivity index (χ2n) is 2.81. The highest BCUT2D eigenvalue weighted by molar-refractivity contribution is 9.11. The van der Waals surface area contributed by atoms with Gasteiger partial charge in [-0.15, -0.1) is 0 Å². The van der Waals surface area contributed by atoms with E-state index >= 15 is 0 Å². The van der Waals surface area contributed by atoms with E-state index < -0.39 is 20.7 Å². The lowest BCUT2D eigenvalue weighted by Crippen LogP contribution is -2.31. The third-order valence-corrected chi connectivity index (χ3v) is 3.97. The molecule has 1 atom stereocenters. The Hall–Kier alpha value is -0.230. The first-order chi connectivity index (χ1) is 5.76. The molecule has 74 valence electrons. The maximum atomic E-state index is 13.5. The van der Waals surface area contributed by atoms with Gasteiger partial charge in [0.05, 0.1) is 0 Å². The van der Waals surface area contributed by atoms with Gasteiger partial charge in [0.25, 0.3) is 0 Å². The van der Waals surface area contributed by atoms with Crippen LogP contribution < -0.4 is 0 Å². The van der Waals surface area contributed by atoms with Crippen molar-refractivity contribution in [1.29, 1.82) is 0 Å². The summed E-state index contributed by atoms with van der Waals surface area (Å²) >= 11 is 2.83.